The first-order valence-electron chi connectivity index (χ1n) is 6.85. The molecule has 2 N–H and O–H groups in total. The van der Waals surface area contributed by atoms with Crippen LogP contribution in [0.25, 0.3) is 0 Å². The van der Waals surface area contributed by atoms with E-state index in [1.807, 2.05) is 0 Å². The van der Waals surface area contributed by atoms with E-state index in [-0.39, 0.29) is 0 Å². The quantitative estimate of drug-likeness (QED) is 0.765. The first-order valence-corrected chi connectivity index (χ1v) is 6.85. The van der Waals surface area contributed by atoms with E-state index in [1.54, 1.807) is 0 Å². The van der Waals surface area contributed by atoms with Gasteiger partial charge in [0.25, 0.3) is 0 Å². The zero-order chi connectivity index (χ0) is 11.5. The van der Waals surface area contributed by atoms with Gasteiger partial charge in [0.1, 0.15) is 0 Å². The highest BCUT2D eigenvalue weighted by molar-refractivity contribution is 4.87. The maximum atomic E-state index is 5.83. The molecule has 0 aromatic carbocycles. The molecule has 2 aliphatic rings. The van der Waals surface area contributed by atoms with Crippen LogP contribution in [0.3, 0.4) is 0 Å². The largest absolute Gasteiger partial charge is 0.330 e. The minimum Gasteiger partial charge on any atom is -0.330 e. The summed E-state index contributed by atoms with van der Waals surface area (Å²) in [5.41, 5.74) is 5.83. The summed E-state index contributed by atoms with van der Waals surface area (Å²) < 4.78 is 0. The second-order valence-corrected chi connectivity index (χ2v) is 5.76. The van der Waals surface area contributed by atoms with Gasteiger partial charge in [0.2, 0.25) is 0 Å². The van der Waals surface area contributed by atoms with Gasteiger partial charge in [-0.1, -0.05) is 0 Å². The van der Waals surface area contributed by atoms with Crippen molar-refractivity contribution in [3.8, 4) is 0 Å². The van der Waals surface area contributed by atoms with Crippen molar-refractivity contribution < 1.29 is 0 Å². The molecular weight excluding hydrogens is 198 g/mol. The van der Waals surface area contributed by atoms with Crippen molar-refractivity contribution in [2.24, 2.45) is 11.7 Å². The Morgan fingerprint density at radius 2 is 1.81 bits per heavy atom. The third-order valence-corrected chi connectivity index (χ3v) is 4.52. The van der Waals surface area contributed by atoms with Crippen molar-refractivity contribution in [1.82, 2.24) is 9.80 Å². The summed E-state index contributed by atoms with van der Waals surface area (Å²) in [6, 6.07) is 1.59. The Morgan fingerprint density at radius 3 is 2.44 bits per heavy atom. The molecule has 2 saturated heterocycles. The molecule has 0 saturated carbocycles. The van der Waals surface area contributed by atoms with E-state index < -0.39 is 0 Å². The van der Waals surface area contributed by atoms with Gasteiger partial charge < -0.3 is 10.6 Å². The summed E-state index contributed by atoms with van der Waals surface area (Å²) >= 11 is 0. The molecule has 2 aliphatic heterocycles. The molecule has 0 bridgehead atoms. The van der Waals surface area contributed by atoms with Crippen molar-refractivity contribution in [2.75, 3.05) is 33.2 Å². The van der Waals surface area contributed by atoms with E-state index in [0.717, 1.165) is 24.5 Å². The summed E-state index contributed by atoms with van der Waals surface area (Å²) in [6.45, 7) is 7.04. The lowest BCUT2D eigenvalue weighted by molar-refractivity contribution is 0.0420. The van der Waals surface area contributed by atoms with Crippen molar-refractivity contribution in [3.05, 3.63) is 0 Å². The van der Waals surface area contributed by atoms with Crippen molar-refractivity contribution in [2.45, 2.75) is 44.7 Å². The van der Waals surface area contributed by atoms with E-state index in [9.17, 15) is 0 Å². The summed E-state index contributed by atoms with van der Waals surface area (Å²) in [7, 11) is 2.23. The molecule has 0 amide bonds. The molecule has 94 valence electrons. The number of piperidine rings is 2. The Bertz CT molecular complexity index is 211. The average molecular weight is 225 g/mol. The van der Waals surface area contributed by atoms with Gasteiger partial charge in [0.05, 0.1) is 0 Å². The van der Waals surface area contributed by atoms with Crippen LogP contribution in [0.2, 0.25) is 0 Å². The number of rotatable bonds is 2. The lowest BCUT2D eigenvalue weighted by atomic mass is 9.90. The molecule has 2 rings (SSSR count). The predicted octanol–water partition coefficient (Wildman–Crippen LogP) is 1.14. The Kier molecular flexibility index (Phi) is 4.22. The van der Waals surface area contributed by atoms with Gasteiger partial charge in [0, 0.05) is 18.6 Å². The number of hydrogen-bond donors (Lipinski definition) is 1. The van der Waals surface area contributed by atoms with Gasteiger partial charge in [-0.05, 0) is 65.2 Å². The summed E-state index contributed by atoms with van der Waals surface area (Å²) in [5.74, 6) is 0.746. The number of likely N-dealkylation sites (tertiary alicyclic amines) is 2. The molecule has 0 spiro atoms. The zero-order valence-corrected chi connectivity index (χ0v) is 10.9. The van der Waals surface area contributed by atoms with E-state index in [4.69, 9.17) is 5.73 Å². The highest BCUT2D eigenvalue weighted by Gasteiger charge is 2.31. The summed E-state index contributed by atoms with van der Waals surface area (Å²) in [5, 5.41) is 0. The molecule has 0 aromatic rings. The minimum absolute atomic E-state index is 0.746. The Hall–Kier alpha value is -0.120. The van der Waals surface area contributed by atoms with Crippen LogP contribution in [-0.4, -0.2) is 55.1 Å². The summed E-state index contributed by atoms with van der Waals surface area (Å²) in [6.07, 6.45) is 5.37. The maximum absolute atomic E-state index is 5.83. The fourth-order valence-electron chi connectivity index (χ4n) is 3.24. The van der Waals surface area contributed by atoms with Crippen LogP contribution in [0.4, 0.5) is 0 Å². The van der Waals surface area contributed by atoms with Gasteiger partial charge >= 0.3 is 0 Å². The monoisotopic (exact) mass is 225 g/mol. The third-order valence-electron chi connectivity index (χ3n) is 4.52. The highest BCUT2D eigenvalue weighted by Crippen LogP contribution is 2.27. The average Bonchev–Trinajstić information content (AvgIpc) is 2.31. The van der Waals surface area contributed by atoms with Crippen molar-refractivity contribution in [3.63, 3.8) is 0 Å². The molecule has 16 heavy (non-hydrogen) atoms. The first kappa shape index (κ1) is 12.3. The second kappa shape index (κ2) is 5.48. The van der Waals surface area contributed by atoms with E-state index in [2.05, 4.69) is 23.8 Å². The van der Waals surface area contributed by atoms with Crippen LogP contribution in [0.1, 0.15) is 32.6 Å². The van der Waals surface area contributed by atoms with Gasteiger partial charge in [0.15, 0.2) is 0 Å². The molecule has 2 atom stereocenters. The summed E-state index contributed by atoms with van der Waals surface area (Å²) in [4.78, 5) is 5.19. The zero-order valence-electron chi connectivity index (χ0n) is 10.9. The predicted molar refractivity (Wildman–Crippen MR) is 68.5 cm³/mol. The van der Waals surface area contributed by atoms with Gasteiger partial charge in [-0.25, -0.2) is 0 Å². The van der Waals surface area contributed by atoms with Gasteiger partial charge in [-0.3, -0.25) is 4.90 Å². The van der Waals surface area contributed by atoms with Gasteiger partial charge in [-0.15, -0.1) is 0 Å². The minimum atomic E-state index is 0.746. The lowest BCUT2D eigenvalue weighted by Gasteiger charge is -2.45. The van der Waals surface area contributed by atoms with Crippen LogP contribution in [0.15, 0.2) is 0 Å². The molecule has 0 aliphatic carbocycles. The molecule has 3 heteroatoms. The van der Waals surface area contributed by atoms with Crippen LogP contribution < -0.4 is 5.73 Å². The molecule has 2 fully saturated rings. The van der Waals surface area contributed by atoms with Gasteiger partial charge in [-0.2, -0.15) is 0 Å². The van der Waals surface area contributed by atoms with Crippen molar-refractivity contribution >= 4 is 0 Å². The van der Waals surface area contributed by atoms with Crippen LogP contribution in [-0.2, 0) is 0 Å². The van der Waals surface area contributed by atoms with E-state index in [0.29, 0.717) is 0 Å². The third kappa shape index (κ3) is 2.76. The Labute approximate surface area is 100.0 Å². The van der Waals surface area contributed by atoms with Crippen molar-refractivity contribution in [1.29, 1.82) is 0 Å². The smallest absolute Gasteiger partial charge is 0.0122 e. The standard InChI is InChI=1S/C13H27N3/c1-11-3-4-12(9-14)10-16(11)13-5-7-15(2)8-6-13/h11-13H,3-10,14H2,1-2H3. The fourth-order valence-corrected chi connectivity index (χ4v) is 3.24. The fraction of sp³-hybridized carbons (Fsp3) is 1.00. The normalized spacial score (nSPS) is 35.4. The van der Waals surface area contributed by atoms with E-state index >= 15 is 0 Å². The number of hydrogen-bond acceptors (Lipinski definition) is 3. The molecule has 3 nitrogen and oxygen atoms in total. The van der Waals surface area contributed by atoms with Crippen LogP contribution >= 0.6 is 0 Å². The maximum Gasteiger partial charge on any atom is 0.0122 e. The lowest BCUT2D eigenvalue weighted by Crippen LogP contribution is -2.52. The molecule has 2 heterocycles. The van der Waals surface area contributed by atoms with E-state index in [1.165, 1.54) is 45.3 Å². The molecular formula is C13H27N3. The number of nitrogens with two attached hydrogens (primary N) is 1. The topological polar surface area (TPSA) is 32.5 Å². The Morgan fingerprint density at radius 1 is 1.12 bits per heavy atom. The SMILES string of the molecule is CC1CCC(CN)CN1C1CCN(C)CC1. The highest BCUT2D eigenvalue weighted by atomic mass is 15.2. The molecule has 2 unspecified atom stereocenters. The molecule has 0 aromatic heterocycles. The van der Waals surface area contributed by atoms with Crippen LogP contribution in [0.5, 0.6) is 0 Å². The second-order valence-electron chi connectivity index (χ2n) is 5.76. The Balaban J connectivity index is 1.90. The number of nitrogens with zero attached hydrogens (tertiary/aromatic N) is 2. The first-order chi connectivity index (χ1) is 7.70. The molecule has 0 radical (unpaired) electrons. The van der Waals surface area contributed by atoms with Crippen LogP contribution in [0, 0.1) is 5.92 Å².